The summed E-state index contributed by atoms with van der Waals surface area (Å²) in [7, 11) is 3.71. The smallest absolute Gasteiger partial charge is 0.230 e. The predicted molar refractivity (Wildman–Crippen MR) is 85.3 cm³/mol. The zero-order valence-corrected chi connectivity index (χ0v) is 13.8. The molecule has 0 spiro atoms. The first kappa shape index (κ1) is 15.0. The lowest BCUT2D eigenvalue weighted by atomic mass is 10.1. The minimum atomic E-state index is 0.0565. The molecular formula is C13H15BrClN5. The molecule has 0 aliphatic carbocycles. The molecule has 2 aromatic rings. The number of rotatable bonds is 4. The van der Waals surface area contributed by atoms with Gasteiger partial charge in [0.05, 0.1) is 6.04 Å². The van der Waals surface area contributed by atoms with Crippen molar-refractivity contribution in [3.05, 3.63) is 39.6 Å². The molecule has 0 amide bonds. The quantitative estimate of drug-likeness (QED) is 0.908. The Balaban J connectivity index is 2.21. The summed E-state index contributed by atoms with van der Waals surface area (Å²) in [6.07, 6.45) is 0. The van der Waals surface area contributed by atoms with Crippen molar-refractivity contribution in [3.63, 3.8) is 0 Å². The van der Waals surface area contributed by atoms with Gasteiger partial charge in [0.15, 0.2) is 0 Å². The van der Waals surface area contributed by atoms with Crippen LogP contribution in [0.2, 0.25) is 5.28 Å². The van der Waals surface area contributed by atoms with E-state index in [9.17, 15) is 0 Å². The Morgan fingerprint density at radius 3 is 2.65 bits per heavy atom. The van der Waals surface area contributed by atoms with Crippen LogP contribution in [0, 0.1) is 0 Å². The number of halogens is 2. The maximum atomic E-state index is 5.91. The molecule has 1 unspecified atom stereocenters. The summed E-state index contributed by atoms with van der Waals surface area (Å²) in [6, 6.07) is 8.12. The zero-order valence-electron chi connectivity index (χ0n) is 11.4. The Labute approximate surface area is 131 Å². The highest BCUT2D eigenvalue weighted by Crippen LogP contribution is 2.21. The molecular weight excluding hydrogens is 342 g/mol. The van der Waals surface area contributed by atoms with Gasteiger partial charge >= 0.3 is 0 Å². The number of anilines is 2. The fraction of sp³-hybridized carbons (Fsp3) is 0.308. The van der Waals surface area contributed by atoms with E-state index in [0.717, 1.165) is 10.0 Å². The van der Waals surface area contributed by atoms with Gasteiger partial charge in [-0.25, -0.2) is 0 Å². The van der Waals surface area contributed by atoms with Crippen LogP contribution in [0.5, 0.6) is 0 Å². The summed E-state index contributed by atoms with van der Waals surface area (Å²) in [5.41, 5.74) is 1.13. The lowest BCUT2D eigenvalue weighted by molar-refractivity contribution is 0.846. The molecule has 0 aliphatic heterocycles. The lowest BCUT2D eigenvalue weighted by Gasteiger charge is -2.16. The van der Waals surface area contributed by atoms with Crippen LogP contribution >= 0.6 is 27.5 Å². The first-order valence-electron chi connectivity index (χ1n) is 6.06. The van der Waals surface area contributed by atoms with Crippen molar-refractivity contribution < 1.29 is 0 Å². The molecule has 106 valence electrons. The topological polar surface area (TPSA) is 53.9 Å². The van der Waals surface area contributed by atoms with E-state index < -0.39 is 0 Å². The van der Waals surface area contributed by atoms with E-state index in [1.807, 2.05) is 45.3 Å². The van der Waals surface area contributed by atoms with Gasteiger partial charge in [-0.2, -0.15) is 15.0 Å². The molecule has 7 heteroatoms. The van der Waals surface area contributed by atoms with Gasteiger partial charge in [-0.3, -0.25) is 0 Å². The van der Waals surface area contributed by atoms with Gasteiger partial charge in [0.2, 0.25) is 17.2 Å². The van der Waals surface area contributed by atoms with Crippen molar-refractivity contribution in [2.75, 3.05) is 24.3 Å². The van der Waals surface area contributed by atoms with Crippen LogP contribution in [0.4, 0.5) is 11.9 Å². The molecule has 1 heterocycles. The van der Waals surface area contributed by atoms with E-state index in [4.69, 9.17) is 11.6 Å². The van der Waals surface area contributed by atoms with Crippen LogP contribution in [-0.2, 0) is 0 Å². The molecule has 5 nitrogen and oxygen atoms in total. The number of benzene rings is 1. The molecule has 2 rings (SSSR count). The second-order valence-electron chi connectivity index (χ2n) is 4.54. The SMILES string of the molecule is CC(Nc1nc(Cl)nc(N(C)C)n1)c1cccc(Br)c1. The molecule has 0 saturated carbocycles. The van der Waals surface area contributed by atoms with Gasteiger partial charge in [-0.15, -0.1) is 0 Å². The standard InChI is InChI=1S/C13H15BrClN5/c1-8(9-5-4-6-10(14)7-9)16-12-17-11(15)18-13(19-12)20(2)3/h4-8H,1-3H3,(H,16,17,18,19). The average Bonchev–Trinajstić information content (AvgIpc) is 2.37. The van der Waals surface area contributed by atoms with Gasteiger partial charge in [-0.05, 0) is 36.2 Å². The van der Waals surface area contributed by atoms with Crippen LogP contribution in [0.1, 0.15) is 18.5 Å². The van der Waals surface area contributed by atoms with E-state index in [0.29, 0.717) is 11.9 Å². The van der Waals surface area contributed by atoms with E-state index in [2.05, 4.69) is 36.2 Å². The van der Waals surface area contributed by atoms with Crippen LogP contribution in [0.25, 0.3) is 0 Å². The molecule has 0 bridgehead atoms. The van der Waals surface area contributed by atoms with E-state index in [1.165, 1.54) is 0 Å². The highest BCUT2D eigenvalue weighted by molar-refractivity contribution is 9.10. The average molecular weight is 357 g/mol. The Morgan fingerprint density at radius 2 is 2.00 bits per heavy atom. The number of hydrogen-bond acceptors (Lipinski definition) is 5. The van der Waals surface area contributed by atoms with Crippen molar-refractivity contribution >= 4 is 39.4 Å². The van der Waals surface area contributed by atoms with Gasteiger partial charge in [-0.1, -0.05) is 28.1 Å². The van der Waals surface area contributed by atoms with Crippen LogP contribution < -0.4 is 10.2 Å². The fourth-order valence-corrected chi connectivity index (χ4v) is 2.23. The molecule has 1 aromatic carbocycles. The molecule has 1 aromatic heterocycles. The summed E-state index contributed by atoms with van der Waals surface area (Å²) in [5, 5.41) is 3.40. The molecule has 1 N–H and O–H groups in total. The maximum absolute atomic E-state index is 5.91. The molecule has 20 heavy (non-hydrogen) atoms. The molecule has 0 fully saturated rings. The minimum Gasteiger partial charge on any atom is -0.348 e. The maximum Gasteiger partial charge on any atom is 0.230 e. The molecule has 0 aliphatic rings. The van der Waals surface area contributed by atoms with Crippen molar-refractivity contribution in [2.24, 2.45) is 0 Å². The molecule has 0 saturated heterocycles. The van der Waals surface area contributed by atoms with E-state index >= 15 is 0 Å². The van der Waals surface area contributed by atoms with E-state index in [1.54, 1.807) is 4.90 Å². The van der Waals surface area contributed by atoms with Gasteiger partial charge in [0.25, 0.3) is 0 Å². The Bertz CT molecular complexity index is 605. The third-order valence-corrected chi connectivity index (χ3v) is 3.35. The second-order valence-corrected chi connectivity index (χ2v) is 5.80. The van der Waals surface area contributed by atoms with Crippen LogP contribution in [0.15, 0.2) is 28.7 Å². The Kier molecular flexibility index (Phi) is 4.77. The van der Waals surface area contributed by atoms with E-state index in [-0.39, 0.29) is 11.3 Å². The Hall–Kier alpha value is -1.40. The van der Waals surface area contributed by atoms with Crippen molar-refractivity contribution in [1.82, 2.24) is 15.0 Å². The van der Waals surface area contributed by atoms with Crippen molar-refractivity contribution in [2.45, 2.75) is 13.0 Å². The zero-order chi connectivity index (χ0) is 14.7. The Morgan fingerprint density at radius 1 is 1.25 bits per heavy atom. The van der Waals surface area contributed by atoms with Gasteiger partial charge in [0.1, 0.15) is 0 Å². The third kappa shape index (κ3) is 3.80. The first-order valence-corrected chi connectivity index (χ1v) is 7.23. The minimum absolute atomic E-state index is 0.0565. The third-order valence-electron chi connectivity index (χ3n) is 2.69. The second kappa shape index (κ2) is 6.37. The monoisotopic (exact) mass is 355 g/mol. The van der Waals surface area contributed by atoms with Crippen molar-refractivity contribution in [1.29, 1.82) is 0 Å². The van der Waals surface area contributed by atoms with Crippen LogP contribution in [0.3, 0.4) is 0 Å². The highest BCUT2D eigenvalue weighted by Gasteiger charge is 2.11. The highest BCUT2D eigenvalue weighted by atomic mass is 79.9. The normalized spacial score (nSPS) is 12.1. The van der Waals surface area contributed by atoms with Crippen molar-refractivity contribution in [3.8, 4) is 0 Å². The summed E-state index contributed by atoms with van der Waals surface area (Å²) < 4.78 is 1.03. The van der Waals surface area contributed by atoms with Crippen LogP contribution in [-0.4, -0.2) is 29.0 Å². The number of nitrogens with one attached hydrogen (secondary N) is 1. The summed E-state index contributed by atoms with van der Waals surface area (Å²) in [4.78, 5) is 14.2. The molecule has 1 atom stereocenters. The number of nitrogens with zero attached hydrogens (tertiary/aromatic N) is 4. The largest absolute Gasteiger partial charge is 0.348 e. The summed E-state index contributed by atoms with van der Waals surface area (Å²) >= 11 is 9.37. The fourth-order valence-electron chi connectivity index (χ4n) is 1.66. The first-order chi connectivity index (χ1) is 9.45. The lowest BCUT2D eigenvalue weighted by Crippen LogP contribution is -2.16. The van der Waals surface area contributed by atoms with Gasteiger partial charge < -0.3 is 10.2 Å². The summed E-state index contributed by atoms with van der Waals surface area (Å²) in [5.74, 6) is 0.982. The number of aromatic nitrogens is 3. The number of hydrogen-bond donors (Lipinski definition) is 1. The summed E-state index contributed by atoms with van der Waals surface area (Å²) in [6.45, 7) is 2.04. The molecule has 0 radical (unpaired) electrons. The van der Waals surface area contributed by atoms with Gasteiger partial charge in [0, 0.05) is 18.6 Å². The predicted octanol–water partition coefficient (Wildman–Crippen LogP) is 3.53.